The Balaban J connectivity index is 2.06. The Labute approximate surface area is 119 Å². The van der Waals surface area contributed by atoms with E-state index in [-0.39, 0.29) is 0 Å². The maximum Gasteiger partial charge on any atom is 0.191 e. The van der Waals surface area contributed by atoms with E-state index in [1.165, 1.54) is 31.1 Å². The van der Waals surface area contributed by atoms with Gasteiger partial charge in [0, 0.05) is 25.7 Å². The third kappa shape index (κ3) is 3.51. The maximum absolute atomic E-state index is 5.83. The van der Waals surface area contributed by atoms with Gasteiger partial charge in [-0.25, -0.2) is 9.97 Å². The number of hydrogen-bond donors (Lipinski definition) is 1. The van der Waals surface area contributed by atoms with E-state index in [9.17, 15) is 0 Å². The Hall–Kier alpha value is -1.01. The molecule has 1 aromatic rings. The second kappa shape index (κ2) is 6.43. The largest absolute Gasteiger partial charge is 0.383 e. The number of nitrogen functional groups attached to an aromatic ring is 1. The lowest BCUT2D eigenvalue weighted by Gasteiger charge is -2.28. The molecule has 1 aliphatic heterocycles. The Bertz CT molecular complexity index is 425. The van der Waals surface area contributed by atoms with Crippen LogP contribution in [0.2, 0.25) is 0 Å². The van der Waals surface area contributed by atoms with Crippen LogP contribution in [0.15, 0.2) is 11.2 Å². The predicted molar refractivity (Wildman–Crippen MR) is 81.8 cm³/mol. The Kier molecular flexibility index (Phi) is 4.87. The molecule has 0 amide bonds. The second-order valence-electron chi connectivity index (χ2n) is 4.94. The number of likely N-dealkylation sites (N-methyl/N-ethyl adjacent to an activating group) is 2. The van der Waals surface area contributed by atoms with Gasteiger partial charge in [-0.1, -0.05) is 18.7 Å². The number of likely N-dealkylation sites (tertiary alicyclic amines) is 1. The summed E-state index contributed by atoms with van der Waals surface area (Å²) in [4.78, 5) is 13.4. The smallest absolute Gasteiger partial charge is 0.191 e. The molecule has 1 saturated heterocycles. The lowest BCUT2D eigenvalue weighted by Crippen LogP contribution is -2.39. The van der Waals surface area contributed by atoms with Crippen molar-refractivity contribution in [2.24, 2.45) is 0 Å². The van der Waals surface area contributed by atoms with Crippen molar-refractivity contribution >= 4 is 23.4 Å². The van der Waals surface area contributed by atoms with Gasteiger partial charge in [-0.2, -0.15) is 0 Å². The molecule has 106 valence electrons. The molecule has 1 unspecified atom stereocenters. The van der Waals surface area contributed by atoms with Crippen LogP contribution in [0.5, 0.6) is 0 Å². The molecule has 1 aromatic heterocycles. The topological polar surface area (TPSA) is 58.3 Å². The number of hydrogen-bond acceptors (Lipinski definition) is 6. The Morgan fingerprint density at radius 3 is 3.00 bits per heavy atom. The average Bonchev–Trinajstić information content (AvgIpc) is 2.85. The first kappa shape index (κ1) is 14.4. The molecule has 2 N–H and O–H groups in total. The summed E-state index contributed by atoms with van der Waals surface area (Å²) in [5, 5.41) is 0.737. The van der Waals surface area contributed by atoms with Crippen molar-refractivity contribution in [1.82, 2.24) is 14.9 Å². The van der Waals surface area contributed by atoms with Crippen LogP contribution in [-0.4, -0.2) is 53.8 Å². The fraction of sp³-hybridized carbons (Fsp3) is 0.692. The molecule has 2 heterocycles. The van der Waals surface area contributed by atoms with Gasteiger partial charge in [0.25, 0.3) is 0 Å². The second-order valence-corrected chi connectivity index (χ2v) is 5.72. The molecule has 19 heavy (non-hydrogen) atoms. The van der Waals surface area contributed by atoms with E-state index in [0.29, 0.717) is 11.9 Å². The highest BCUT2D eigenvalue weighted by atomic mass is 32.2. The fourth-order valence-electron chi connectivity index (χ4n) is 2.64. The van der Waals surface area contributed by atoms with Gasteiger partial charge < -0.3 is 10.6 Å². The molecule has 1 atom stereocenters. The highest BCUT2D eigenvalue weighted by Gasteiger charge is 2.24. The van der Waals surface area contributed by atoms with E-state index in [4.69, 9.17) is 5.73 Å². The number of anilines is 2. The van der Waals surface area contributed by atoms with E-state index < -0.39 is 0 Å². The first-order valence-electron chi connectivity index (χ1n) is 6.77. The van der Waals surface area contributed by atoms with E-state index in [0.717, 1.165) is 24.1 Å². The van der Waals surface area contributed by atoms with E-state index in [1.807, 2.05) is 12.3 Å². The normalized spacial score (nSPS) is 19.8. The molecule has 0 aliphatic carbocycles. The summed E-state index contributed by atoms with van der Waals surface area (Å²) < 4.78 is 0. The molecular formula is C13H23N5S. The van der Waals surface area contributed by atoms with Crippen molar-refractivity contribution in [2.75, 3.05) is 43.6 Å². The fourth-order valence-corrected chi connectivity index (χ4v) is 3.03. The number of rotatable bonds is 5. The monoisotopic (exact) mass is 281 g/mol. The molecule has 2 rings (SSSR count). The summed E-state index contributed by atoms with van der Waals surface area (Å²) in [5.41, 5.74) is 5.83. The molecule has 1 fully saturated rings. The van der Waals surface area contributed by atoms with Crippen molar-refractivity contribution in [3.63, 3.8) is 0 Å². The van der Waals surface area contributed by atoms with Gasteiger partial charge in [0.2, 0.25) is 0 Å². The van der Waals surface area contributed by atoms with Crippen molar-refractivity contribution in [1.29, 1.82) is 0 Å². The lowest BCUT2D eigenvalue weighted by molar-refractivity contribution is 0.270. The third-order valence-corrected chi connectivity index (χ3v) is 4.22. The Morgan fingerprint density at radius 1 is 1.53 bits per heavy atom. The molecule has 5 nitrogen and oxygen atoms in total. The average molecular weight is 281 g/mol. The van der Waals surface area contributed by atoms with Crippen molar-refractivity contribution in [2.45, 2.75) is 31.0 Å². The molecule has 0 spiro atoms. The highest BCUT2D eigenvalue weighted by Crippen LogP contribution is 2.21. The van der Waals surface area contributed by atoms with Gasteiger partial charge in [0.15, 0.2) is 5.16 Å². The van der Waals surface area contributed by atoms with Crippen LogP contribution in [0.25, 0.3) is 0 Å². The Morgan fingerprint density at radius 2 is 2.32 bits per heavy atom. The first-order valence-corrected chi connectivity index (χ1v) is 8.00. The molecule has 0 saturated carbocycles. The zero-order valence-electron chi connectivity index (χ0n) is 12.0. The van der Waals surface area contributed by atoms with Gasteiger partial charge >= 0.3 is 0 Å². The van der Waals surface area contributed by atoms with Crippen LogP contribution in [0, 0.1) is 0 Å². The number of aromatic nitrogens is 2. The summed E-state index contributed by atoms with van der Waals surface area (Å²) in [6, 6.07) is 2.48. The molecule has 0 bridgehead atoms. The van der Waals surface area contributed by atoms with Gasteiger partial charge in [0.05, 0.1) is 0 Å². The zero-order valence-corrected chi connectivity index (χ0v) is 12.8. The van der Waals surface area contributed by atoms with E-state index >= 15 is 0 Å². The molecular weight excluding hydrogens is 258 g/mol. The maximum atomic E-state index is 5.83. The van der Waals surface area contributed by atoms with Gasteiger partial charge in [-0.3, -0.25) is 4.90 Å². The quantitative estimate of drug-likeness (QED) is 0.655. The van der Waals surface area contributed by atoms with E-state index in [1.54, 1.807) is 0 Å². The van der Waals surface area contributed by atoms with Crippen LogP contribution < -0.4 is 10.6 Å². The summed E-state index contributed by atoms with van der Waals surface area (Å²) in [6.45, 7) is 5.57. The van der Waals surface area contributed by atoms with Crippen LogP contribution in [-0.2, 0) is 0 Å². The number of thioether (sulfide) groups is 1. The summed E-state index contributed by atoms with van der Waals surface area (Å²) in [6.07, 6.45) is 4.54. The summed E-state index contributed by atoms with van der Waals surface area (Å²) in [7, 11) is 2.08. The number of nitrogens with two attached hydrogens (primary N) is 1. The van der Waals surface area contributed by atoms with Crippen LogP contribution in [0.3, 0.4) is 0 Å². The first-order chi connectivity index (χ1) is 9.13. The molecule has 0 aromatic carbocycles. The van der Waals surface area contributed by atoms with E-state index in [2.05, 4.69) is 33.7 Å². The van der Waals surface area contributed by atoms with Crippen LogP contribution >= 0.6 is 11.8 Å². The highest BCUT2D eigenvalue weighted by molar-refractivity contribution is 7.98. The summed E-state index contributed by atoms with van der Waals surface area (Å²) >= 11 is 1.52. The standard InChI is InChI=1S/C13H23N5S/c1-4-18-7-5-6-10(18)9-17(2)12-8-11(14)15-13(16-12)19-3/h8,10H,4-7,9H2,1-3H3,(H2,14,15,16). The van der Waals surface area contributed by atoms with Gasteiger partial charge in [-0.15, -0.1) is 0 Å². The van der Waals surface area contributed by atoms with Crippen LogP contribution in [0.4, 0.5) is 11.6 Å². The van der Waals surface area contributed by atoms with Gasteiger partial charge in [-0.05, 0) is 32.2 Å². The third-order valence-electron chi connectivity index (χ3n) is 3.68. The summed E-state index contributed by atoms with van der Waals surface area (Å²) in [5.74, 6) is 1.46. The zero-order chi connectivity index (χ0) is 13.8. The van der Waals surface area contributed by atoms with Crippen LogP contribution in [0.1, 0.15) is 19.8 Å². The molecule has 1 aliphatic rings. The molecule has 0 radical (unpaired) electrons. The van der Waals surface area contributed by atoms with Gasteiger partial charge in [0.1, 0.15) is 11.6 Å². The minimum Gasteiger partial charge on any atom is -0.383 e. The van der Waals surface area contributed by atoms with Crippen molar-refractivity contribution in [3.8, 4) is 0 Å². The van der Waals surface area contributed by atoms with Crippen molar-refractivity contribution in [3.05, 3.63) is 6.07 Å². The SMILES string of the molecule is CCN1CCCC1CN(C)c1cc(N)nc(SC)n1. The minimum absolute atomic E-state index is 0.542. The molecule has 6 heteroatoms. The number of nitrogens with zero attached hydrogens (tertiary/aromatic N) is 4. The minimum atomic E-state index is 0.542. The van der Waals surface area contributed by atoms with Crippen molar-refractivity contribution < 1.29 is 0 Å². The predicted octanol–water partition coefficient (Wildman–Crippen LogP) is 1.70. The lowest BCUT2D eigenvalue weighted by atomic mass is 10.2.